The molecule has 3 nitrogen and oxygen atoms in total. The molecule has 0 saturated carbocycles. The molecular weight excluding hydrogens is 216 g/mol. The predicted molar refractivity (Wildman–Crippen MR) is 60.6 cm³/mol. The number of amides is 1. The molecule has 1 amide bonds. The minimum atomic E-state index is -0.471. The van der Waals surface area contributed by atoms with Gasteiger partial charge in [0.25, 0.3) is 5.91 Å². The van der Waals surface area contributed by atoms with Gasteiger partial charge in [0.1, 0.15) is 0 Å². The van der Waals surface area contributed by atoms with E-state index in [-0.39, 0.29) is 0 Å². The van der Waals surface area contributed by atoms with Gasteiger partial charge in [-0.05, 0) is 17.5 Å². The SMILES string of the molecule is NC(=O)c1cc(-c2cccs2)sc1N. The molecule has 4 N–H and O–H groups in total. The van der Waals surface area contributed by atoms with E-state index in [0.29, 0.717) is 10.6 Å². The summed E-state index contributed by atoms with van der Waals surface area (Å²) in [6.45, 7) is 0. The molecule has 2 aromatic heterocycles. The summed E-state index contributed by atoms with van der Waals surface area (Å²) in [7, 11) is 0. The number of carbonyl (C=O) groups excluding carboxylic acids is 1. The number of hydrogen-bond donors (Lipinski definition) is 2. The van der Waals surface area contributed by atoms with E-state index in [4.69, 9.17) is 11.5 Å². The first-order valence-electron chi connectivity index (χ1n) is 3.91. The van der Waals surface area contributed by atoms with Crippen molar-refractivity contribution in [2.45, 2.75) is 0 Å². The van der Waals surface area contributed by atoms with Gasteiger partial charge >= 0.3 is 0 Å². The normalized spacial score (nSPS) is 10.3. The van der Waals surface area contributed by atoms with Gasteiger partial charge in [-0.2, -0.15) is 0 Å². The Bertz CT molecular complexity index is 459. The Balaban J connectivity index is 2.48. The quantitative estimate of drug-likeness (QED) is 0.820. The molecule has 0 spiro atoms. The Morgan fingerprint density at radius 2 is 2.14 bits per heavy atom. The molecule has 0 unspecified atom stereocenters. The minimum Gasteiger partial charge on any atom is -0.390 e. The lowest BCUT2D eigenvalue weighted by Crippen LogP contribution is -2.11. The van der Waals surface area contributed by atoms with Gasteiger partial charge in [-0.3, -0.25) is 4.79 Å². The van der Waals surface area contributed by atoms with Gasteiger partial charge in [0, 0.05) is 9.75 Å². The third-order valence-electron chi connectivity index (χ3n) is 1.79. The maximum Gasteiger partial charge on any atom is 0.251 e. The van der Waals surface area contributed by atoms with E-state index in [1.807, 2.05) is 17.5 Å². The van der Waals surface area contributed by atoms with Crippen molar-refractivity contribution in [3.8, 4) is 9.75 Å². The third kappa shape index (κ3) is 1.51. The molecule has 14 heavy (non-hydrogen) atoms. The van der Waals surface area contributed by atoms with Crippen LogP contribution in [-0.2, 0) is 0 Å². The van der Waals surface area contributed by atoms with Crippen LogP contribution in [0.3, 0.4) is 0 Å². The van der Waals surface area contributed by atoms with Crippen LogP contribution in [-0.4, -0.2) is 5.91 Å². The highest BCUT2D eigenvalue weighted by Gasteiger charge is 2.12. The van der Waals surface area contributed by atoms with Crippen molar-refractivity contribution in [3.05, 3.63) is 29.1 Å². The van der Waals surface area contributed by atoms with E-state index in [0.717, 1.165) is 9.75 Å². The maximum atomic E-state index is 11.0. The van der Waals surface area contributed by atoms with Crippen LogP contribution in [0.2, 0.25) is 0 Å². The van der Waals surface area contributed by atoms with Crippen molar-refractivity contribution >= 4 is 33.6 Å². The van der Waals surface area contributed by atoms with Crippen LogP contribution in [0.15, 0.2) is 23.6 Å². The second-order valence-electron chi connectivity index (χ2n) is 2.73. The minimum absolute atomic E-state index is 0.415. The number of primary amides is 1. The second-order valence-corrected chi connectivity index (χ2v) is 4.76. The molecule has 2 aromatic rings. The Morgan fingerprint density at radius 3 is 2.64 bits per heavy atom. The Kier molecular flexibility index (Phi) is 2.26. The highest BCUT2D eigenvalue weighted by molar-refractivity contribution is 7.23. The first-order chi connectivity index (χ1) is 6.68. The Hall–Kier alpha value is -1.33. The molecule has 0 fully saturated rings. The van der Waals surface area contributed by atoms with Crippen LogP contribution in [0.1, 0.15) is 10.4 Å². The first kappa shape index (κ1) is 9.23. The molecule has 5 heteroatoms. The number of anilines is 1. The largest absolute Gasteiger partial charge is 0.390 e. The lowest BCUT2D eigenvalue weighted by Gasteiger charge is -1.88. The van der Waals surface area contributed by atoms with Crippen molar-refractivity contribution in [3.63, 3.8) is 0 Å². The highest BCUT2D eigenvalue weighted by Crippen LogP contribution is 2.35. The maximum absolute atomic E-state index is 11.0. The Morgan fingerprint density at radius 1 is 1.36 bits per heavy atom. The molecule has 0 aliphatic heterocycles. The lowest BCUT2D eigenvalue weighted by molar-refractivity contribution is 0.100. The topological polar surface area (TPSA) is 69.1 Å². The van der Waals surface area contributed by atoms with Crippen LogP contribution in [0.5, 0.6) is 0 Å². The van der Waals surface area contributed by atoms with Crippen LogP contribution in [0.4, 0.5) is 5.00 Å². The number of hydrogen-bond acceptors (Lipinski definition) is 4. The Labute approximate surface area is 89.0 Å². The van der Waals surface area contributed by atoms with Gasteiger partial charge in [-0.25, -0.2) is 0 Å². The van der Waals surface area contributed by atoms with Gasteiger partial charge in [0.15, 0.2) is 0 Å². The van der Waals surface area contributed by atoms with E-state index in [1.54, 1.807) is 17.4 Å². The van der Waals surface area contributed by atoms with Gasteiger partial charge in [0.05, 0.1) is 10.6 Å². The fourth-order valence-electron chi connectivity index (χ4n) is 1.14. The molecule has 0 aliphatic rings. The summed E-state index contributed by atoms with van der Waals surface area (Å²) in [6, 6.07) is 5.69. The van der Waals surface area contributed by atoms with Crippen molar-refractivity contribution in [2.75, 3.05) is 5.73 Å². The van der Waals surface area contributed by atoms with Gasteiger partial charge in [-0.1, -0.05) is 6.07 Å². The van der Waals surface area contributed by atoms with Gasteiger partial charge in [0.2, 0.25) is 0 Å². The van der Waals surface area contributed by atoms with Crippen LogP contribution >= 0.6 is 22.7 Å². The summed E-state index contributed by atoms with van der Waals surface area (Å²) in [5.41, 5.74) is 11.3. The van der Waals surface area contributed by atoms with Crippen molar-refractivity contribution < 1.29 is 4.79 Å². The molecule has 2 heterocycles. The third-order valence-corrected chi connectivity index (χ3v) is 3.82. The summed E-state index contributed by atoms with van der Waals surface area (Å²) in [4.78, 5) is 13.1. The summed E-state index contributed by atoms with van der Waals surface area (Å²) in [5.74, 6) is -0.471. The fraction of sp³-hybridized carbons (Fsp3) is 0. The molecule has 0 atom stereocenters. The predicted octanol–water partition coefficient (Wildman–Crippen LogP) is 2.16. The molecule has 0 saturated heterocycles. The molecule has 72 valence electrons. The first-order valence-corrected chi connectivity index (χ1v) is 5.61. The average molecular weight is 224 g/mol. The fourth-order valence-corrected chi connectivity index (χ4v) is 2.89. The zero-order chi connectivity index (χ0) is 10.1. The molecular formula is C9H8N2OS2. The van der Waals surface area contributed by atoms with E-state index in [9.17, 15) is 4.79 Å². The average Bonchev–Trinajstić information content (AvgIpc) is 2.70. The number of carbonyl (C=O) groups is 1. The van der Waals surface area contributed by atoms with Crippen molar-refractivity contribution in [1.29, 1.82) is 0 Å². The molecule has 0 bridgehead atoms. The van der Waals surface area contributed by atoms with Gasteiger partial charge in [-0.15, -0.1) is 22.7 Å². The van der Waals surface area contributed by atoms with E-state index in [2.05, 4.69) is 0 Å². The summed E-state index contributed by atoms with van der Waals surface area (Å²) < 4.78 is 0. The smallest absolute Gasteiger partial charge is 0.251 e. The van der Waals surface area contributed by atoms with Crippen LogP contribution < -0.4 is 11.5 Å². The summed E-state index contributed by atoms with van der Waals surface area (Å²) in [6.07, 6.45) is 0. The molecule has 0 aromatic carbocycles. The lowest BCUT2D eigenvalue weighted by atomic mass is 10.2. The van der Waals surface area contributed by atoms with Crippen LogP contribution in [0, 0.1) is 0 Å². The van der Waals surface area contributed by atoms with Gasteiger partial charge < -0.3 is 11.5 Å². The zero-order valence-electron chi connectivity index (χ0n) is 7.19. The monoisotopic (exact) mass is 224 g/mol. The number of thiophene rings is 2. The van der Waals surface area contributed by atoms with Crippen molar-refractivity contribution in [2.24, 2.45) is 5.73 Å². The van der Waals surface area contributed by atoms with Crippen LogP contribution in [0.25, 0.3) is 9.75 Å². The standard InChI is InChI=1S/C9H8N2OS2/c10-8(12)5-4-7(14-9(5)11)6-2-1-3-13-6/h1-4H,11H2,(H2,10,12). The van der Waals surface area contributed by atoms with E-state index >= 15 is 0 Å². The van der Waals surface area contributed by atoms with E-state index in [1.165, 1.54) is 11.3 Å². The molecule has 2 rings (SSSR count). The van der Waals surface area contributed by atoms with E-state index < -0.39 is 5.91 Å². The number of rotatable bonds is 2. The number of nitrogen functional groups attached to an aromatic ring is 1. The second kappa shape index (κ2) is 3.43. The number of nitrogens with two attached hydrogens (primary N) is 2. The molecule has 0 aliphatic carbocycles. The summed E-state index contributed by atoms with van der Waals surface area (Å²) >= 11 is 3.00. The summed E-state index contributed by atoms with van der Waals surface area (Å²) in [5, 5.41) is 2.47. The highest BCUT2D eigenvalue weighted by atomic mass is 32.1. The zero-order valence-corrected chi connectivity index (χ0v) is 8.82. The van der Waals surface area contributed by atoms with Crippen molar-refractivity contribution in [1.82, 2.24) is 0 Å². The molecule has 0 radical (unpaired) electrons.